The second-order valence-electron chi connectivity index (χ2n) is 10.3. The van der Waals surface area contributed by atoms with E-state index in [4.69, 9.17) is 19.2 Å². The minimum Gasteiger partial charge on any atom is -0.454 e. The normalized spacial score (nSPS) is 16.6. The van der Waals surface area contributed by atoms with Gasteiger partial charge in [0.25, 0.3) is 5.91 Å². The van der Waals surface area contributed by atoms with Gasteiger partial charge in [0.1, 0.15) is 17.9 Å². The summed E-state index contributed by atoms with van der Waals surface area (Å²) in [5, 5.41) is 11.5. The number of benzene rings is 3. The van der Waals surface area contributed by atoms with Crippen LogP contribution >= 0.6 is 0 Å². The van der Waals surface area contributed by atoms with E-state index in [0.717, 1.165) is 18.4 Å². The molecule has 42 heavy (non-hydrogen) atoms. The molecule has 7 rings (SSSR count). The number of aromatic nitrogens is 5. The first-order valence-electron chi connectivity index (χ1n) is 13.9. The monoisotopic (exact) mass is 567 g/mol. The second kappa shape index (κ2) is 10.8. The van der Waals surface area contributed by atoms with Crippen molar-refractivity contribution >= 4 is 39.6 Å². The van der Waals surface area contributed by atoms with E-state index in [1.165, 1.54) is 9.58 Å². The Labute approximate surface area is 240 Å². The molecule has 0 saturated carbocycles. The average molecular weight is 568 g/mol. The van der Waals surface area contributed by atoms with Crippen LogP contribution in [0.4, 0.5) is 5.69 Å². The molecule has 2 aromatic heterocycles. The molecule has 0 radical (unpaired) electrons. The summed E-state index contributed by atoms with van der Waals surface area (Å²) in [5.74, 6) is 0.707. The summed E-state index contributed by atoms with van der Waals surface area (Å²) in [6, 6.07) is 19.1. The number of carbonyl (C=O) groups excluding carboxylic acids is 2. The molecule has 0 aliphatic carbocycles. The van der Waals surface area contributed by atoms with E-state index in [0.29, 0.717) is 52.7 Å². The summed E-state index contributed by atoms with van der Waals surface area (Å²) in [4.78, 5) is 34.9. The zero-order valence-corrected chi connectivity index (χ0v) is 23.0. The molecule has 2 aliphatic heterocycles. The molecular formula is C30H29N7O5. The molecule has 1 fully saturated rings. The minimum atomic E-state index is -1.12. The van der Waals surface area contributed by atoms with E-state index < -0.39 is 6.04 Å². The van der Waals surface area contributed by atoms with Crippen LogP contribution in [0.3, 0.4) is 0 Å². The van der Waals surface area contributed by atoms with Crippen LogP contribution in [-0.4, -0.2) is 62.4 Å². The number of nitrogens with one attached hydrogen (secondary N) is 1. The van der Waals surface area contributed by atoms with Gasteiger partial charge >= 0.3 is 0 Å². The van der Waals surface area contributed by atoms with Gasteiger partial charge in [0.05, 0.1) is 22.7 Å². The van der Waals surface area contributed by atoms with Gasteiger partial charge in [-0.3, -0.25) is 14.5 Å². The van der Waals surface area contributed by atoms with E-state index in [1.807, 2.05) is 60.1 Å². The predicted molar refractivity (Wildman–Crippen MR) is 153 cm³/mol. The van der Waals surface area contributed by atoms with Gasteiger partial charge in [-0.2, -0.15) is 0 Å². The van der Waals surface area contributed by atoms with Crippen molar-refractivity contribution in [2.75, 3.05) is 24.8 Å². The quantitative estimate of drug-likeness (QED) is 0.303. The lowest BCUT2D eigenvalue weighted by atomic mass is 10.1. The van der Waals surface area contributed by atoms with Crippen LogP contribution in [-0.2, 0) is 27.9 Å². The van der Waals surface area contributed by atoms with Crippen molar-refractivity contribution in [3.05, 3.63) is 72.6 Å². The fourth-order valence-electron chi connectivity index (χ4n) is 5.59. The maximum absolute atomic E-state index is 14.4. The minimum absolute atomic E-state index is 0.0771. The van der Waals surface area contributed by atoms with Crippen molar-refractivity contribution in [3.8, 4) is 11.5 Å². The topological polar surface area (TPSA) is 126 Å². The zero-order valence-electron chi connectivity index (χ0n) is 23.0. The molecule has 12 heteroatoms. The van der Waals surface area contributed by atoms with Gasteiger partial charge in [-0.25, -0.2) is 9.67 Å². The van der Waals surface area contributed by atoms with Gasteiger partial charge in [-0.15, -0.1) is 5.10 Å². The van der Waals surface area contributed by atoms with Crippen molar-refractivity contribution in [3.63, 3.8) is 0 Å². The van der Waals surface area contributed by atoms with Crippen LogP contribution in [0, 0.1) is 0 Å². The number of aryl methyl sites for hydroxylation is 1. The van der Waals surface area contributed by atoms with E-state index in [1.54, 1.807) is 18.2 Å². The number of hydrogen-bond donors (Lipinski definition) is 1. The summed E-state index contributed by atoms with van der Waals surface area (Å²) in [6.45, 7) is 0.917. The molecular weight excluding hydrogens is 538 g/mol. The number of amides is 2. The molecule has 5 aromatic rings. The van der Waals surface area contributed by atoms with E-state index >= 15 is 0 Å². The highest BCUT2D eigenvalue weighted by molar-refractivity contribution is 6.02. The van der Waals surface area contributed by atoms with Crippen LogP contribution in [0.15, 0.2) is 66.7 Å². The Hall–Kier alpha value is -4.97. The largest absolute Gasteiger partial charge is 0.454 e. The lowest BCUT2D eigenvalue weighted by Gasteiger charge is -2.31. The number of anilines is 1. The third-order valence-corrected chi connectivity index (χ3v) is 7.71. The maximum atomic E-state index is 14.4. The molecule has 0 bridgehead atoms. The Morgan fingerprint density at radius 3 is 2.62 bits per heavy atom. The summed E-state index contributed by atoms with van der Waals surface area (Å²) in [7, 11) is 1.85. The fourth-order valence-corrected chi connectivity index (χ4v) is 5.59. The number of hydrogen-bond acceptors (Lipinski definition) is 8. The van der Waals surface area contributed by atoms with Crippen LogP contribution in [0.5, 0.6) is 11.5 Å². The number of rotatable bonds is 8. The average Bonchev–Trinajstić information content (AvgIpc) is 3.82. The van der Waals surface area contributed by atoms with Gasteiger partial charge in [0.2, 0.25) is 12.7 Å². The van der Waals surface area contributed by atoms with Crippen molar-refractivity contribution in [2.24, 2.45) is 7.05 Å². The molecule has 0 spiro atoms. The van der Waals surface area contributed by atoms with Crippen molar-refractivity contribution in [2.45, 2.75) is 31.5 Å². The zero-order chi connectivity index (χ0) is 28.6. The Kier molecular flexibility index (Phi) is 6.67. The smallest absolute Gasteiger partial charge is 0.251 e. The third kappa shape index (κ3) is 4.69. The van der Waals surface area contributed by atoms with Gasteiger partial charge in [0, 0.05) is 32.0 Å². The SMILES string of the molecule is Cn1c([C@H](C(=O)NC[C@@H]2CCCO2)N(C(=O)Cn2nnc3ccccc32)c2ccc3c(c2)OCO3)nc2ccccc21. The molecule has 3 aromatic carbocycles. The van der Waals surface area contributed by atoms with Crippen LogP contribution in [0.1, 0.15) is 24.7 Å². The predicted octanol–water partition coefficient (Wildman–Crippen LogP) is 3.12. The number of para-hydroxylation sites is 3. The molecule has 2 aliphatic rings. The Bertz CT molecular complexity index is 1790. The van der Waals surface area contributed by atoms with Gasteiger partial charge in [-0.1, -0.05) is 29.5 Å². The summed E-state index contributed by atoms with van der Waals surface area (Å²) in [6.07, 6.45) is 1.73. The van der Waals surface area contributed by atoms with E-state index in [2.05, 4.69) is 15.6 Å². The van der Waals surface area contributed by atoms with Crippen molar-refractivity contribution < 1.29 is 23.8 Å². The number of fused-ring (bicyclic) bond motifs is 3. The first kappa shape index (κ1) is 26.0. The molecule has 0 unspecified atom stereocenters. The highest BCUT2D eigenvalue weighted by atomic mass is 16.7. The van der Waals surface area contributed by atoms with E-state index in [-0.39, 0.29) is 31.3 Å². The van der Waals surface area contributed by atoms with Gasteiger partial charge in [-0.05, 0) is 49.2 Å². The Balaban J connectivity index is 1.34. The standard InChI is InChI=1S/C30H29N7O5/c1-35-23-10-4-2-8-21(23)32-29(35)28(30(39)31-16-20-7-6-14-40-20)37(19-12-13-25-26(15-19)42-18-41-25)27(38)17-36-24-11-5-3-9-22(24)33-34-36/h2-5,8-13,15,20,28H,6-7,14,16-18H2,1H3,(H,31,39)/t20-,28+/m0/s1. The lowest BCUT2D eigenvalue weighted by Crippen LogP contribution is -2.47. The molecule has 1 N–H and O–H groups in total. The highest BCUT2D eigenvalue weighted by Crippen LogP contribution is 2.38. The first-order chi connectivity index (χ1) is 20.6. The second-order valence-corrected chi connectivity index (χ2v) is 10.3. The lowest BCUT2D eigenvalue weighted by molar-refractivity contribution is -0.127. The van der Waals surface area contributed by atoms with Crippen LogP contribution in [0.2, 0.25) is 0 Å². The van der Waals surface area contributed by atoms with Crippen LogP contribution in [0.25, 0.3) is 22.1 Å². The van der Waals surface area contributed by atoms with E-state index in [9.17, 15) is 9.59 Å². The molecule has 2 amide bonds. The Morgan fingerprint density at radius 1 is 1.02 bits per heavy atom. The molecule has 4 heterocycles. The van der Waals surface area contributed by atoms with Gasteiger partial charge in [0.15, 0.2) is 17.5 Å². The number of imidazole rings is 1. The maximum Gasteiger partial charge on any atom is 0.251 e. The van der Waals surface area contributed by atoms with Crippen LogP contribution < -0.4 is 19.7 Å². The summed E-state index contributed by atoms with van der Waals surface area (Å²) < 4.78 is 20.3. The molecule has 1 saturated heterocycles. The number of nitrogens with zero attached hydrogens (tertiary/aromatic N) is 6. The number of ether oxygens (including phenoxy) is 3. The van der Waals surface area contributed by atoms with Crippen molar-refractivity contribution in [1.29, 1.82) is 0 Å². The Morgan fingerprint density at radius 2 is 1.81 bits per heavy atom. The fraction of sp³-hybridized carbons (Fsp3) is 0.300. The summed E-state index contributed by atoms with van der Waals surface area (Å²) in [5.41, 5.74) is 3.38. The molecule has 12 nitrogen and oxygen atoms in total. The first-order valence-corrected chi connectivity index (χ1v) is 13.9. The molecule has 214 valence electrons. The summed E-state index contributed by atoms with van der Waals surface area (Å²) >= 11 is 0. The number of carbonyl (C=O) groups is 2. The highest BCUT2D eigenvalue weighted by Gasteiger charge is 2.37. The third-order valence-electron chi connectivity index (χ3n) is 7.71. The van der Waals surface area contributed by atoms with Gasteiger partial charge < -0.3 is 24.1 Å². The molecule has 2 atom stereocenters. The van der Waals surface area contributed by atoms with Crippen molar-refractivity contribution in [1.82, 2.24) is 29.9 Å².